The van der Waals surface area contributed by atoms with E-state index in [2.05, 4.69) is 10.3 Å². The van der Waals surface area contributed by atoms with Gasteiger partial charge in [0.15, 0.2) is 6.39 Å². The molecule has 1 aromatic heterocycles. The second-order valence-electron chi connectivity index (χ2n) is 3.55. The molecule has 0 spiro atoms. The minimum absolute atomic E-state index is 0.115. The van der Waals surface area contributed by atoms with E-state index in [1.165, 1.54) is 0 Å². The second kappa shape index (κ2) is 4.65. The maximum Gasteiger partial charge on any atom is 0.396 e. The third-order valence-corrected chi connectivity index (χ3v) is 1.76. The van der Waals surface area contributed by atoms with Gasteiger partial charge in [0, 0.05) is 12.6 Å². The van der Waals surface area contributed by atoms with E-state index in [9.17, 15) is 13.2 Å². The largest absolute Gasteiger partial charge is 0.448 e. The standard InChI is InChI=1S/C9H13F3N2O/c1-6(2)13-4-7-8(15-5-14-7)3-9(10,11)12/h5-6,13H,3-4H2,1-2H3. The number of rotatable bonds is 4. The highest BCUT2D eigenvalue weighted by atomic mass is 19.4. The molecular weight excluding hydrogens is 209 g/mol. The van der Waals surface area contributed by atoms with Gasteiger partial charge in [-0.15, -0.1) is 0 Å². The smallest absolute Gasteiger partial charge is 0.396 e. The van der Waals surface area contributed by atoms with Crippen molar-refractivity contribution >= 4 is 0 Å². The summed E-state index contributed by atoms with van der Waals surface area (Å²) in [5.74, 6) is -0.115. The predicted octanol–water partition coefficient (Wildman–Crippen LogP) is 2.28. The molecular formula is C9H13F3N2O. The van der Waals surface area contributed by atoms with Gasteiger partial charge in [-0.1, -0.05) is 13.8 Å². The fourth-order valence-corrected chi connectivity index (χ4v) is 1.06. The minimum atomic E-state index is -4.26. The number of hydrogen-bond donors (Lipinski definition) is 1. The summed E-state index contributed by atoms with van der Waals surface area (Å²) in [4.78, 5) is 3.74. The quantitative estimate of drug-likeness (QED) is 0.849. The third kappa shape index (κ3) is 4.33. The van der Waals surface area contributed by atoms with Crippen LogP contribution in [0.5, 0.6) is 0 Å². The number of nitrogens with zero attached hydrogens (tertiary/aromatic N) is 1. The van der Waals surface area contributed by atoms with Crippen molar-refractivity contribution in [2.45, 2.75) is 39.0 Å². The van der Waals surface area contributed by atoms with E-state index in [-0.39, 0.29) is 11.8 Å². The monoisotopic (exact) mass is 222 g/mol. The molecule has 86 valence electrons. The Morgan fingerprint density at radius 3 is 2.67 bits per heavy atom. The molecule has 0 aliphatic carbocycles. The second-order valence-corrected chi connectivity index (χ2v) is 3.55. The van der Waals surface area contributed by atoms with Crippen molar-refractivity contribution in [3.8, 4) is 0 Å². The first-order valence-electron chi connectivity index (χ1n) is 4.60. The fourth-order valence-electron chi connectivity index (χ4n) is 1.06. The van der Waals surface area contributed by atoms with Crippen LogP contribution in [0.3, 0.4) is 0 Å². The molecule has 0 unspecified atom stereocenters. The summed E-state index contributed by atoms with van der Waals surface area (Å²) >= 11 is 0. The lowest BCUT2D eigenvalue weighted by atomic mass is 10.2. The maximum atomic E-state index is 12.1. The van der Waals surface area contributed by atoms with E-state index < -0.39 is 12.6 Å². The molecule has 15 heavy (non-hydrogen) atoms. The Morgan fingerprint density at radius 1 is 1.47 bits per heavy atom. The molecule has 6 heteroatoms. The normalized spacial score (nSPS) is 12.4. The van der Waals surface area contributed by atoms with E-state index >= 15 is 0 Å². The number of aromatic nitrogens is 1. The minimum Gasteiger partial charge on any atom is -0.448 e. The molecule has 0 radical (unpaired) electrons. The molecule has 0 amide bonds. The molecule has 0 aromatic carbocycles. The fraction of sp³-hybridized carbons (Fsp3) is 0.667. The summed E-state index contributed by atoms with van der Waals surface area (Å²) in [7, 11) is 0. The Balaban J connectivity index is 2.61. The van der Waals surface area contributed by atoms with Gasteiger partial charge >= 0.3 is 6.18 Å². The van der Waals surface area contributed by atoms with Crippen LogP contribution >= 0.6 is 0 Å². The van der Waals surface area contributed by atoms with Gasteiger partial charge < -0.3 is 9.73 Å². The number of oxazole rings is 1. The zero-order chi connectivity index (χ0) is 11.5. The molecule has 0 aliphatic heterocycles. The van der Waals surface area contributed by atoms with Crippen LogP contribution in [0.1, 0.15) is 25.3 Å². The molecule has 1 N–H and O–H groups in total. The van der Waals surface area contributed by atoms with Gasteiger partial charge in [0.2, 0.25) is 0 Å². The van der Waals surface area contributed by atoms with Crippen LogP contribution < -0.4 is 5.32 Å². The highest BCUT2D eigenvalue weighted by molar-refractivity contribution is 5.08. The van der Waals surface area contributed by atoms with E-state index in [1.54, 1.807) is 0 Å². The van der Waals surface area contributed by atoms with Gasteiger partial charge in [-0.25, -0.2) is 4.98 Å². The van der Waals surface area contributed by atoms with E-state index in [0.29, 0.717) is 12.2 Å². The molecule has 0 fully saturated rings. The van der Waals surface area contributed by atoms with Crippen molar-refractivity contribution in [3.63, 3.8) is 0 Å². The van der Waals surface area contributed by atoms with Crippen molar-refractivity contribution in [2.24, 2.45) is 0 Å². The highest BCUT2D eigenvalue weighted by Gasteiger charge is 2.31. The van der Waals surface area contributed by atoms with Crippen molar-refractivity contribution < 1.29 is 17.6 Å². The van der Waals surface area contributed by atoms with Crippen LogP contribution in [-0.4, -0.2) is 17.2 Å². The van der Waals surface area contributed by atoms with Crippen LogP contribution in [0.25, 0.3) is 0 Å². The molecule has 1 rings (SSSR count). The SMILES string of the molecule is CC(C)NCc1ncoc1CC(F)(F)F. The van der Waals surface area contributed by atoms with Crippen LogP contribution in [0, 0.1) is 0 Å². The van der Waals surface area contributed by atoms with E-state index in [0.717, 1.165) is 6.39 Å². The average Bonchev–Trinajstić information content (AvgIpc) is 2.45. The first-order valence-corrected chi connectivity index (χ1v) is 4.60. The highest BCUT2D eigenvalue weighted by Crippen LogP contribution is 2.22. The summed E-state index contributed by atoms with van der Waals surface area (Å²) in [6.45, 7) is 4.10. The van der Waals surface area contributed by atoms with Gasteiger partial charge in [0.25, 0.3) is 0 Å². The van der Waals surface area contributed by atoms with Crippen LogP contribution in [0.2, 0.25) is 0 Å². The Kier molecular flexibility index (Phi) is 3.73. The summed E-state index contributed by atoms with van der Waals surface area (Å²) < 4.78 is 41.0. The third-order valence-electron chi connectivity index (χ3n) is 1.76. The number of alkyl halides is 3. The predicted molar refractivity (Wildman–Crippen MR) is 48.2 cm³/mol. The van der Waals surface area contributed by atoms with Crippen molar-refractivity contribution in [1.29, 1.82) is 0 Å². The molecule has 0 bridgehead atoms. The van der Waals surface area contributed by atoms with Gasteiger partial charge in [-0.3, -0.25) is 0 Å². The number of halogens is 3. The van der Waals surface area contributed by atoms with Crippen LogP contribution in [-0.2, 0) is 13.0 Å². The summed E-state index contributed by atoms with van der Waals surface area (Å²) in [5.41, 5.74) is 0.320. The van der Waals surface area contributed by atoms with E-state index in [1.807, 2.05) is 13.8 Å². The van der Waals surface area contributed by atoms with Crippen LogP contribution in [0.4, 0.5) is 13.2 Å². The molecule has 0 aliphatic rings. The number of nitrogens with one attached hydrogen (secondary N) is 1. The first-order chi connectivity index (χ1) is 6.88. The number of hydrogen-bond acceptors (Lipinski definition) is 3. The van der Waals surface area contributed by atoms with Crippen molar-refractivity contribution in [1.82, 2.24) is 10.3 Å². The zero-order valence-corrected chi connectivity index (χ0v) is 8.56. The Bertz CT molecular complexity index is 307. The summed E-state index contributed by atoms with van der Waals surface area (Å²) in [5, 5.41) is 2.98. The molecule has 0 saturated heterocycles. The Morgan fingerprint density at radius 2 is 2.13 bits per heavy atom. The Hall–Kier alpha value is -1.04. The molecule has 1 aromatic rings. The van der Waals surface area contributed by atoms with E-state index in [4.69, 9.17) is 4.42 Å². The van der Waals surface area contributed by atoms with Gasteiger partial charge in [-0.05, 0) is 0 Å². The van der Waals surface area contributed by atoms with Gasteiger partial charge in [-0.2, -0.15) is 13.2 Å². The lowest BCUT2D eigenvalue weighted by Gasteiger charge is -2.08. The maximum absolute atomic E-state index is 12.1. The van der Waals surface area contributed by atoms with Crippen molar-refractivity contribution in [3.05, 3.63) is 17.8 Å². The lowest BCUT2D eigenvalue weighted by Crippen LogP contribution is -2.23. The van der Waals surface area contributed by atoms with Crippen molar-refractivity contribution in [2.75, 3.05) is 0 Å². The lowest BCUT2D eigenvalue weighted by molar-refractivity contribution is -0.130. The van der Waals surface area contributed by atoms with Gasteiger partial charge in [0.1, 0.15) is 12.2 Å². The average molecular weight is 222 g/mol. The van der Waals surface area contributed by atoms with Gasteiger partial charge in [0.05, 0.1) is 5.69 Å². The molecule has 1 heterocycles. The zero-order valence-electron chi connectivity index (χ0n) is 8.56. The Labute approximate surface area is 85.7 Å². The molecule has 0 saturated carbocycles. The topological polar surface area (TPSA) is 38.1 Å². The summed E-state index contributed by atoms with van der Waals surface area (Å²) in [6.07, 6.45) is -4.29. The summed E-state index contributed by atoms with van der Waals surface area (Å²) in [6, 6.07) is 0.195. The molecule has 3 nitrogen and oxygen atoms in total. The van der Waals surface area contributed by atoms with Crippen LogP contribution in [0.15, 0.2) is 10.8 Å². The first kappa shape index (κ1) is 12.0. The molecule has 0 atom stereocenters.